The molecule has 9 nitrogen and oxygen atoms in total. The van der Waals surface area contributed by atoms with E-state index in [1.54, 1.807) is 18.2 Å². The molecule has 0 saturated carbocycles. The van der Waals surface area contributed by atoms with Gasteiger partial charge in [-0.05, 0) is 30.7 Å². The molecule has 0 radical (unpaired) electrons. The van der Waals surface area contributed by atoms with E-state index >= 15 is 0 Å². The molecule has 3 aromatic carbocycles. The van der Waals surface area contributed by atoms with Crippen molar-refractivity contribution in [2.75, 3.05) is 4.31 Å². The lowest BCUT2D eigenvalue weighted by atomic mass is 10.2. The van der Waals surface area contributed by atoms with E-state index in [9.17, 15) is 28.6 Å². The van der Waals surface area contributed by atoms with E-state index in [1.807, 2.05) is 6.92 Å². The van der Waals surface area contributed by atoms with Crippen LogP contribution >= 0.6 is 0 Å². The molecule has 10 heteroatoms. The number of aryl methyl sites for hydroxylation is 1. The Morgan fingerprint density at radius 2 is 1.40 bits per heavy atom. The third-order valence-electron chi connectivity index (χ3n) is 4.39. The highest BCUT2D eigenvalue weighted by Gasteiger charge is 2.27. The summed E-state index contributed by atoms with van der Waals surface area (Å²) in [6, 6.07) is 17.0. The van der Waals surface area contributed by atoms with Gasteiger partial charge in [0.05, 0.1) is 27.0 Å². The first-order valence-electron chi connectivity index (χ1n) is 8.76. The minimum absolute atomic E-state index is 0.00466. The normalized spacial score (nSPS) is 11.1. The van der Waals surface area contributed by atoms with Crippen LogP contribution in [0.1, 0.15) is 11.1 Å². The van der Waals surface area contributed by atoms with Gasteiger partial charge in [-0.2, -0.15) is 0 Å². The molecule has 0 amide bonds. The zero-order valence-electron chi connectivity index (χ0n) is 15.8. The maximum atomic E-state index is 13.4. The predicted molar refractivity (Wildman–Crippen MR) is 111 cm³/mol. The minimum atomic E-state index is -4.10. The topological polar surface area (TPSA) is 124 Å². The summed E-state index contributed by atoms with van der Waals surface area (Å²) in [5.74, 6) is 0. The molecule has 0 aromatic heterocycles. The van der Waals surface area contributed by atoms with E-state index in [4.69, 9.17) is 0 Å². The molecule has 0 aliphatic heterocycles. The predicted octanol–water partition coefficient (Wildman–Crippen LogP) is 4.21. The van der Waals surface area contributed by atoms with Gasteiger partial charge in [0.2, 0.25) is 0 Å². The third kappa shape index (κ3) is 4.44. The third-order valence-corrected chi connectivity index (χ3v) is 6.17. The summed E-state index contributed by atoms with van der Waals surface area (Å²) in [4.78, 5) is 21.1. The van der Waals surface area contributed by atoms with Crippen LogP contribution in [-0.4, -0.2) is 18.3 Å². The number of hydrogen-bond donors (Lipinski definition) is 0. The largest absolute Gasteiger partial charge is 0.271 e. The van der Waals surface area contributed by atoms with Crippen LogP contribution in [0.15, 0.2) is 77.7 Å². The minimum Gasteiger partial charge on any atom is -0.262 e. The average molecular weight is 427 g/mol. The summed E-state index contributed by atoms with van der Waals surface area (Å²) < 4.78 is 27.7. The molecule has 0 saturated heterocycles. The van der Waals surface area contributed by atoms with Crippen molar-refractivity contribution >= 4 is 27.1 Å². The van der Waals surface area contributed by atoms with E-state index in [0.717, 1.165) is 15.9 Å². The number of anilines is 1. The van der Waals surface area contributed by atoms with Crippen LogP contribution < -0.4 is 4.31 Å². The smallest absolute Gasteiger partial charge is 0.262 e. The van der Waals surface area contributed by atoms with Gasteiger partial charge in [0, 0.05) is 24.3 Å². The Bertz CT molecular complexity index is 1210. The van der Waals surface area contributed by atoms with Crippen molar-refractivity contribution in [1.82, 2.24) is 0 Å². The zero-order valence-corrected chi connectivity index (χ0v) is 16.7. The first kappa shape index (κ1) is 20.9. The maximum Gasteiger partial charge on any atom is 0.271 e. The van der Waals surface area contributed by atoms with Crippen molar-refractivity contribution in [1.29, 1.82) is 0 Å². The van der Waals surface area contributed by atoms with Gasteiger partial charge in [0.1, 0.15) is 0 Å². The first-order valence-corrected chi connectivity index (χ1v) is 10.2. The molecule has 3 aromatic rings. The van der Waals surface area contributed by atoms with Gasteiger partial charge in [-0.3, -0.25) is 24.5 Å². The van der Waals surface area contributed by atoms with Crippen molar-refractivity contribution in [2.24, 2.45) is 0 Å². The second kappa shape index (κ2) is 8.29. The molecule has 0 unspecified atom stereocenters. The molecule has 3 rings (SSSR count). The number of non-ortho nitro benzene ring substituents is 2. The van der Waals surface area contributed by atoms with Crippen LogP contribution in [0, 0.1) is 27.2 Å². The Balaban J connectivity index is 2.12. The van der Waals surface area contributed by atoms with Crippen LogP contribution in [0.2, 0.25) is 0 Å². The molecular formula is C20H17N3O6S. The average Bonchev–Trinajstić information content (AvgIpc) is 2.72. The molecule has 30 heavy (non-hydrogen) atoms. The molecule has 154 valence electrons. The molecule has 0 heterocycles. The van der Waals surface area contributed by atoms with Gasteiger partial charge in [-0.25, -0.2) is 8.42 Å². The number of benzene rings is 3. The monoisotopic (exact) mass is 427 g/mol. The Morgan fingerprint density at radius 1 is 0.833 bits per heavy atom. The van der Waals surface area contributed by atoms with Crippen molar-refractivity contribution in [3.8, 4) is 0 Å². The molecule has 0 bridgehead atoms. The van der Waals surface area contributed by atoms with E-state index in [1.165, 1.54) is 48.5 Å². The Morgan fingerprint density at radius 3 is 2.00 bits per heavy atom. The van der Waals surface area contributed by atoms with Gasteiger partial charge in [-0.1, -0.05) is 35.9 Å². The van der Waals surface area contributed by atoms with Crippen LogP contribution in [0.25, 0.3) is 0 Å². The number of nitrogens with zero attached hydrogens (tertiary/aromatic N) is 3. The van der Waals surface area contributed by atoms with Crippen molar-refractivity contribution in [2.45, 2.75) is 18.4 Å². The van der Waals surface area contributed by atoms with Crippen LogP contribution in [0.4, 0.5) is 17.1 Å². The summed E-state index contributed by atoms with van der Waals surface area (Å²) in [6.07, 6.45) is 0. The highest BCUT2D eigenvalue weighted by molar-refractivity contribution is 7.92. The van der Waals surface area contributed by atoms with E-state index < -0.39 is 19.9 Å². The Hall–Kier alpha value is -3.79. The summed E-state index contributed by atoms with van der Waals surface area (Å²) in [5, 5.41) is 22.3. The molecule has 0 atom stereocenters. The lowest BCUT2D eigenvalue weighted by molar-refractivity contribution is -0.385. The number of nitro benzene ring substituents is 2. The van der Waals surface area contributed by atoms with Crippen LogP contribution in [0.3, 0.4) is 0 Å². The summed E-state index contributed by atoms with van der Waals surface area (Å²) in [7, 11) is -4.10. The number of hydrogen-bond acceptors (Lipinski definition) is 6. The summed E-state index contributed by atoms with van der Waals surface area (Å²) in [6.45, 7) is 1.58. The van der Waals surface area contributed by atoms with Gasteiger partial charge < -0.3 is 0 Å². The SMILES string of the molecule is Cc1ccc(S(=O)(=O)N(Cc2cccc([N+](=O)[O-])c2)c2cccc([N+](=O)[O-])c2)cc1. The van der Waals surface area contributed by atoms with Crippen molar-refractivity contribution in [3.05, 3.63) is 104 Å². The number of sulfonamides is 1. The van der Waals surface area contributed by atoms with Crippen molar-refractivity contribution < 1.29 is 18.3 Å². The Kier molecular flexibility index (Phi) is 5.79. The van der Waals surface area contributed by atoms with Gasteiger partial charge >= 0.3 is 0 Å². The van der Waals surface area contributed by atoms with Crippen molar-refractivity contribution in [3.63, 3.8) is 0 Å². The van der Waals surface area contributed by atoms with E-state index in [-0.39, 0.29) is 28.5 Å². The van der Waals surface area contributed by atoms with Gasteiger partial charge in [0.15, 0.2) is 0 Å². The molecule has 0 N–H and O–H groups in total. The zero-order chi connectivity index (χ0) is 21.9. The standard InChI is InChI=1S/C20H17N3O6S/c1-15-8-10-20(11-9-15)30(28,29)21(17-5-3-7-19(13-17)23(26)27)14-16-4-2-6-18(12-16)22(24)25/h2-13H,14H2,1H3. The molecule has 0 spiro atoms. The lowest BCUT2D eigenvalue weighted by Crippen LogP contribution is -2.30. The highest BCUT2D eigenvalue weighted by atomic mass is 32.2. The molecule has 0 aliphatic rings. The number of nitro groups is 2. The van der Waals surface area contributed by atoms with Crippen LogP contribution in [-0.2, 0) is 16.6 Å². The quantitative estimate of drug-likeness (QED) is 0.411. The fourth-order valence-corrected chi connectivity index (χ4v) is 4.29. The molecular weight excluding hydrogens is 410 g/mol. The second-order valence-corrected chi connectivity index (χ2v) is 8.39. The van der Waals surface area contributed by atoms with Gasteiger partial charge in [0.25, 0.3) is 21.4 Å². The molecule has 0 fully saturated rings. The van der Waals surface area contributed by atoms with E-state index in [2.05, 4.69) is 0 Å². The fraction of sp³-hybridized carbons (Fsp3) is 0.100. The second-order valence-electron chi connectivity index (χ2n) is 6.53. The summed E-state index contributed by atoms with van der Waals surface area (Å²) >= 11 is 0. The Labute approximate surface area is 172 Å². The number of rotatable bonds is 7. The van der Waals surface area contributed by atoms with Crippen LogP contribution in [0.5, 0.6) is 0 Å². The van der Waals surface area contributed by atoms with Gasteiger partial charge in [-0.15, -0.1) is 0 Å². The summed E-state index contributed by atoms with van der Waals surface area (Å²) in [5.41, 5.74) is 0.868. The highest BCUT2D eigenvalue weighted by Crippen LogP contribution is 2.29. The lowest BCUT2D eigenvalue weighted by Gasteiger charge is -2.24. The first-order chi connectivity index (χ1) is 14.2. The maximum absolute atomic E-state index is 13.4. The molecule has 0 aliphatic carbocycles. The fourth-order valence-electron chi connectivity index (χ4n) is 2.85. The van der Waals surface area contributed by atoms with E-state index in [0.29, 0.717) is 5.56 Å².